The Morgan fingerprint density at radius 3 is 2.46 bits per heavy atom. The number of piperazine rings is 1. The van der Waals surface area contributed by atoms with E-state index in [1.165, 1.54) is 12.3 Å². The number of nitrogens with one attached hydrogen (secondary N) is 1. The topological polar surface area (TPSA) is 61.1 Å². The van der Waals surface area contributed by atoms with Crippen LogP contribution < -0.4 is 5.32 Å². The van der Waals surface area contributed by atoms with Crippen molar-refractivity contribution in [1.82, 2.24) is 15.1 Å². The number of amides is 1. The summed E-state index contributed by atoms with van der Waals surface area (Å²) in [5.41, 5.74) is -0.158. The molecule has 1 aliphatic heterocycles. The number of rotatable bonds is 3. The van der Waals surface area contributed by atoms with Crippen molar-refractivity contribution in [2.45, 2.75) is 12.7 Å². The monoisotopic (exact) mass is 394 g/mol. The maximum Gasteiger partial charge on any atom is 0.416 e. The summed E-state index contributed by atoms with van der Waals surface area (Å²) in [6, 6.07) is 8.50. The third-order valence-electron chi connectivity index (χ3n) is 4.52. The van der Waals surface area contributed by atoms with Crippen molar-refractivity contribution in [2.24, 2.45) is 4.99 Å². The molecule has 1 aliphatic rings. The normalized spacial score (nSPS) is 15.6. The van der Waals surface area contributed by atoms with Crippen LogP contribution in [0.5, 0.6) is 0 Å². The van der Waals surface area contributed by atoms with Gasteiger partial charge in [-0.2, -0.15) is 13.2 Å². The number of carbonyl (C=O) groups is 1. The van der Waals surface area contributed by atoms with Gasteiger partial charge in [0, 0.05) is 39.8 Å². The number of furan rings is 1. The van der Waals surface area contributed by atoms with E-state index in [0.29, 0.717) is 43.5 Å². The van der Waals surface area contributed by atoms with Gasteiger partial charge < -0.3 is 19.5 Å². The number of guanidine groups is 1. The van der Waals surface area contributed by atoms with Gasteiger partial charge in [-0.1, -0.05) is 12.1 Å². The van der Waals surface area contributed by atoms with Gasteiger partial charge in [0.15, 0.2) is 11.7 Å². The first-order chi connectivity index (χ1) is 13.4. The summed E-state index contributed by atoms with van der Waals surface area (Å²) in [7, 11) is 1.62. The molecule has 9 heteroatoms. The second-order valence-corrected chi connectivity index (χ2v) is 6.36. The number of aliphatic imine (C=N–C) groups is 1. The van der Waals surface area contributed by atoms with Crippen LogP contribution in [0.15, 0.2) is 52.1 Å². The Balaban J connectivity index is 1.55. The Bertz CT molecular complexity index is 826. The minimum Gasteiger partial charge on any atom is -0.459 e. The number of carbonyl (C=O) groups excluding carboxylic acids is 1. The summed E-state index contributed by atoms with van der Waals surface area (Å²) < 4.78 is 43.7. The zero-order chi connectivity index (χ0) is 20.1. The van der Waals surface area contributed by atoms with Crippen molar-refractivity contribution >= 4 is 11.9 Å². The summed E-state index contributed by atoms with van der Waals surface area (Å²) in [4.78, 5) is 20.2. The molecule has 2 aromatic rings. The number of nitrogens with zero attached hydrogens (tertiary/aromatic N) is 3. The molecule has 0 aliphatic carbocycles. The van der Waals surface area contributed by atoms with E-state index in [1.807, 2.05) is 4.90 Å². The molecule has 1 aromatic carbocycles. The van der Waals surface area contributed by atoms with Crippen LogP contribution in [0.1, 0.15) is 21.7 Å². The summed E-state index contributed by atoms with van der Waals surface area (Å²) in [5.74, 6) is 0.736. The average Bonchev–Trinajstić information content (AvgIpc) is 3.23. The average molecular weight is 394 g/mol. The molecule has 1 N–H and O–H groups in total. The first-order valence-corrected chi connectivity index (χ1v) is 8.83. The molecule has 0 radical (unpaired) electrons. The molecule has 1 amide bonds. The van der Waals surface area contributed by atoms with Gasteiger partial charge in [0.25, 0.3) is 5.91 Å². The molecule has 0 bridgehead atoms. The van der Waals surface area contributed by atoms with Gasteiger partial charge in [0.2, 0.25) is 0 Å². The molecule has 1 fully saturated rings. The number of benzene rings is 1. The molecule has 6 nitrogen and oxygen atoms in total. The summed E-state index contributed by atoms with van der Waals surface area (Å²) >= 11 is 0. The fourth-order valence-corrected chi connectivity index (χ4v) is 3.05. The van der Waals surface area contributed by atoms with E-state index >= 15 is 0 Å². The van der Waals surface area contributed by atoms with Gasteiger partial charge in [-0.05, 0) is 29.8 Å². The van der Waals surface area contributed by atoms with Crippen molar-refractivity contribution in [1.29, 1.82) is 0 Å². The Labute approximate surface area is 160 Å². The molecular formula is C19H21F3N4O2. The maximum atomic E-state index is 12.8. The quantitative estimate of drug-likeness (QED) is 0.643. The van der Waals surface area contributed by atoms with E-state index in [0.717, 1.165) is 12.1 Å². The van der Waals surface area contributed by atoms with Gasteiger partial charge in [-0.15, -0.1) is 0 Å². The van der Waals surface area contributed by atoms with Gasteiger partial charge >= 0.3 is 6.18 Å². The van der Waals surface area contributed by atoms with Crippen LogP contribution in [-0.4, -0.2) is 54.9 Å². The highest BCUT2D eigenvalue weighted by Crippen LogP contribution is 2.29. The van der Waals surface area contributed by atoms with Crippen molar-refractivity contribution in [3.05, 3.63) is 59.5 Å². The third-order valence-corrected chi connectivity index (χ3v) is 4.52. The standard InChI is InChI=1S/C19H21F3N4O2/c1-23-18(24-13-14-4-2-5-15(12-14)19(20,21)22)26-9-7-25(8-10-26)17(27)16-6-3-11-28-16/h2-6,11-12H,7-10,13H2,1H3,(H,23,24). The van der Waals surface area contributed by atoms with E-state index in [2.05, 4.69) is 10.3 Å². The van der Waals surface area contributed by atoms with E-state index < -0.39 is 11.7 Å². The first-order valence-electron chi connectivity index (χ1n) is 8.83. The second-order valence-electron chi connectivity index (χ2n) is 6.36. The molecule has 1 saturated heterocycles. The molecule has 3 rings (SSSR count). The lowest BCUT2D eigenvalue weighted by atomic mass is 10.1. The molecule has 150 valence electrons. The predicted molar refractivity (Wildman–Crippen MR) is 97.8 cm³/mol. The lowest BCUT2D eigenvalue weighted by Gasteiger charge is -2.36. The molecule has 0 atom stereocenters. The molecule has 0 spiro atoms. The van der Waals surface area contributed by atoms with Crippen molar-refractivity contribution < 1.29 is 22.4 Å². The van der Waals surface area contributed by atoms with Crippen LogP contribution in [0, 0.1) is 0 Å². The zero-order valence-electron chi connectivity index (χ0n) is 15.4. The van der Waals surface area contributed by atoms with Crippen LogP contribution in [-0.2, 0) is 12.7 Å². The Kier molecular flexibility index (Phi) is 5.91. The second kappa shape index (κ2) is 8.37. The summed E-state index contributed by atoms with van der Waals surface area (Å²) in [6.07, 6.45) is -2.91. The van der Waals surface area contributed by atoms with Crippen LogP contribution in [0.2, 0.25) is 0 Å². The van der Waals surface area contributed by atoms with Crippen LogP contribution in [0.3, 0.4) is 0 Å². The highest BCUT2D eigenvalue weighted by molar-refractivity contribution is 5.91. The van der Waals surface area contributed by atoms with E-state index in [9.17, 15) is 18.0 Å². The molecule has 0 unspecified atom stereocenters. The molecule has 0 saturated carbocycles. The molecule has 28 heavy (non-hydrogen) atoms. The smallest absolute Gasteiger partial charge is 0.416 e. The van der Waals surface area contributed by atoms with Crippen LogP contribution in [0.25, 0.3) is 0 Å². The third kappa shape index (κ3) is 4.65. The van der Waals surface area contributed by atoms with E-state index in [1.54, 1.807) is 30.1 Å². The summed E-state index contributed by atoms with van der Waals surface area (Å²) in [5, 5.41) is 3.09. The van der Waals surface area contributed by atoms with Crippen LogP contribution in [0.4, 0.5) is 13.2 Å². The highest BCUT2D eigenvalue weighted by atomic mass is 19.4. The Hall–Kier alpha value is -2.97. The number of hydrogen-bond donors (Lipinski definition) is 1. The lowest BCUT2D eigenvalue weighted by molar-refractivity contribution is -0.137. The first kappa shape index (κ1) is 19.8. The summed E-state index contributed by atoms with van der Waals surface area (Å²) in [6.45, 7) is 2.36. The van der Waals surface area contributed by atoms with Gasteiger partial charge in [-0.25, -0.2) is 0 Å². The molecule has 1 aromatic heterocycles. The number of hydrogen-bond acceptors (Lipinski definition) is 3. The largest absolute Gasteiger partial charge is 0.459 e. The Morgan fingerprint density at radius 2 is 1.86 bits per heavy atom. The minimum atomic E-state index is -4.37. The zero-order valence-corrected chi connectivity index (χ0v) is 15.4. The maximum absolute atomic E-state index is 12.8. The van der Waals surface area contributed by atoms with Gasteiger partial charge in [-0.3, -0.25) is 9.79 Å². The fourth-order valence-electron chi connectivity index (χ4n) is 3.05. The molecule has 2 heterocycles. The SMILES string of the molecule is CN=C(NCc1cccc(C(F)(F)F)c1)N1CCN(C(=O)c2ccco2)CC1. The van der Waals surface area contributed by atoms with Crippen molar-refractivity contribution in [3.8, 4) is 0 Å². The lowest BCUT2D eigenvalue weighted by Crippen LogP contribution is -2.53. The van der Waals surface area contributed by atoms with E-state index in [4.69, 9.17) is 4.42 Å². The molecular weight excluding hydrogens is 373 g/mol. The van der Waals surface area contributed by atoms with Crippen molar-refractivity contribution in [2.75, 3.05) is 33.2 Å². The van der Waals surface area contributed by atoms with Crippen molar-refractivity contribution in [3.63, 3.8) is 0 Å². The number of alkyl halides is 3. The van der Waals surface area contributed by atoms with Gasteiger partial charge in [0.05, 0.1) is 11.8 Å². The Morgan fingerprint density at radius 1 is 1.14 bits per heavy atom. The minimum absolute atomic E-state index is 0.156. The van der Waals surface area contributed by atoms with Crippen LogP contribution >= 0.6 is 0 Å². The predicted octanol–water partition coefficient (Wildman–Crippen LogP) is 2.83. The highest BCUT2D eigenvalue weighted by Gasteiger charge is 2.30. The van der Waals surface area contributed by atoms with E-state index in [-0.39, 0.29) is 12.5 Å². The fraction of sp³-hybridized carbons (Fsp3) is 0.368. The number of halogens is 3. The van der Waals surface area contributed by atoms with Gasteiger partial charge in [0.1, 0.15) is 0 Å².